The van der Waals surface area contributed by atoms with Gasteiger partial charge in [-0.25, -0.2) is 9.78 Å². The Hall–Kier alpha value is -5.90. The van der Waals surface area contributed by atoms with Gasteiger partial charge in [0.2, 0.25) is 5.95 Å². The van der Waals surface area contributed by atoms with Crippen LogP contribution >= 0.6 is 23.2 Å². The third-order valence-corrected chi connectivity index (χ3v) is 9.65. The van der Waals surface area contributed by atoms with Crippen LogP contribution in [0.2, 0.25) is 10.0 Å². The van der Waals surface area contributed by atoms with Gasteiger partial charge >= 0.3 is 11.9 Å². The number of quaternary nitrogens is 1. The fourth-order valence-electron chi connectivity index (χ4n) is 6.34. The number of aromatic nitrogens is 3. The predicted octanol–water partition coefficient (Wildman–Crippen LogP) is 6.79. The number of methoxy groups -OCH3 is 2. The Bertz CT molecular complexity index is 2200. The summed E-state index contributed by atoms with van der Waals surface area (Å²) in [5.74, 6) is 0.981. The summed E-state index contributed by atoms with van der Waals surface area (Å²) in [5.41, 5.74) is 3.69. The minimum absolute atomic E-state index is 0.0502. The first-order chi connectivity index (χ1) is 26.4. The van der Waals surface area contributed by atoms with Gasteiger partial charge in [0.1, 0.15) is 40.1 Å². The number of pyridine rings is 1. The molecule has 2 aromatic carbocycles. The van der Waals surface area contributed by atoms with E-state index in [4.69, 9.17) is 37.7 Å². The van der Waals surface area contributed by atoms with Crippen LogP contribution in [0.4, 0.5) is 27.9 Å². The van der Waals surface area contributed by atoms with Crippen molar-refractivity contribution in [1.29, 1.82) is 0 Å². The van der Waals surface area contributed by atoms with Gasteiger partial charge in [0.15, 0.2) is 5.78 Å². The van der Waals surface area contributed by atoms with E-state index in [1.54, 1.807) is 49.1 Å². The van der Waals surface area contributed by atoms with E-state index >= 15 is 0 Å². The Labute approximate surface area is 327 Å². The summed E-state index contributed by atoms with van der Waals surface area (Å²) in [7, 11) is 6.80. The molecule has 0 bridgehead atoms. The number of allylic oxidation sites excluding steroid dienone is 1. The lowest BCUT2D eigenvalue weighted by molar-refractivity contribution is -0.880. The summed E-state index contributed by atoms with van der Waals surface area (Å²) in [6.07, 6.45) is 10.3. The highest BCUT2D eigenvalue weighted by Crippen LogP contribution is 2.48. The second-order valence-electron chi connectivity index (χ2n) is 13.5. The number of ether oxygens (including phenoxy) is 2. The molecular formula is C38H38Cl2N9O6+. The Morgan fingerprint density at radius 2 is 1.78 bits per heavy atom. The number of likely N-dealkylation sites (N-methyl/N-ethyl adjacent to an activating group) is 1. The van der Waals surface area contributed by atoms with Gasteiger partial charge in [0.05, 0.1) is 59.2 Å². The number of nitrogens with one attached hydrogen (secondary N) is 1. The van der Waals surface area contributed by atoms with Crippen molar-refractivity contribution >= 4 is 64.4 Å². The molecule has 0 saturated heterocycles. The van der Waals surface area contributed by atoms with Crippen molar-refractivity contribution in [1.82, 2.24) is 15.0 Å². The quantitative estimate of drug-likeness (QED) is 0.0587. The third-order valence-electron chi connectivity index (χ3n) is 8.92. The maximum atomic E-state index is 14.5. The number of aliphatic imine (C=N–C) groups is 1. The second kappa shape index (κ2) is 16.6. The maximum absolute atomic E-state index is 14.5. The highest BCUT2D eigenvalue weighted by Gasteiger charge is 2.37. The number of nitrogens with zero attached hydrogens (tertiary/aromatic N) is 8. The SMILES string of the molecule is COc1cc(OC)c(Cl)c(N2Cc3cnc(Nc4ccncc4)nc3N(Cc3cccc(CC(=O)/C=C/C[N+](C)(C)CC4=C([N+](=O)[O-])N=CC4)c3)C2=O)c1Cl. The Kier molecular flexibility index (Phi) is 11.7. The van der Waals surface area contributed by atoms with Crippen LogP contribution in [0.15, 0.2) is 89.6 Å². The van der Waals surface area contributed by atoms with Gasteiger partial charge in [-0.3, -0.25) is 19.6 Å². The molecule has 284 valence electrons. The largest absolute Gasteiger partial charge is 0.495 e. The molecular weight excluding hydrogens is 749 g/mol. The minimum atomic E-state index is -0.462. The summed E-state index contributed by atoms with van der Waals surface area (Å²) >= 11 is 13.6. The van der Waals surface area contributed by atoms with E-state index in [1.165, 1.54) is 30.1 Å². The zero-order chi connectivity index (χ0) is 39.3. The number of ketones is 1. The van der Waals surface area contributed by atoms with E-state index in [2.05, 4.69) is 20.3 Å². The number of urea groups is 1. The number of halogens is 2. The van der Waals surface area contributed by atoms with Crippen molar-refractivity contribution in [3.8, 4) is 11.5 Å². The monoisotopic (exact) mass is 786 g/mol. The van der Waals surface area contributed by atoms with E-state index in [9.17, 15) is 19.7 Å². The van der Waals surface area contributed by atoms with Crippen LogP contribution in [0, 0.1) is 10.1 Å². The van der Waals surface area contributed by atoms with Crippen molar-refractivity contribution in [2.75, 3.05) is 56.5 Å². The van der Waals surface area contributed by atoms with Crippen molar-refractivity contribution in [2.45, 2.75) is 25.9 Å². The minimum Gasteiger partial charge on any atom is -0.495 e. The van der Waals surface area contributed by atoms with Crippen LogP contribution in [-0.2, 0) is 24.3 Å². The number of nitro groups is 1. The molecule has 2 aromatic heterocycles. The molecule has 17 heteroatoms. The number of carbonyl (C=O) groups excluding carboxylic acids is 2. The van der Waals surface area contributed by atoms with E-state index in [-0.39, 0.29) is 64.3 Å². The molecule has 0 aliphatic carbocycles. The van der Waals surface area contributed by atoms with Crippen LogP contribution in [0.5, 0.6) is 11.5 Å². The summed E-state index contributed by atoms with van der Waals surface area (Å²) < 4.78 is 11.4. The van der Waals surface area contributed by atoms with Gasteiger partial charge < -0.3 is 29.4 Å². The molecule has 0 saturated carbocycles. The highest BCUT2D eigenvalue weighted by atomic mass is 35.5. The summed E-state index contributed by atoms with van der Waals surface area (Å²) in [6.45, 7) is 1.05. The topological polar surface area (TPSA) is 165 Å². The highest BCUT2D eigenvalue weighted by molar-refractivity contribution is 6.42. The standard InChI is InChI=1S/C38H38Cl2N9O6/c1-49(2,23-26-10-15-42-35(26)48(52)53)16-6-9-29(50)18-24-7-5-8-25(17-24)21-47-36-27(20-43-37(45-36)44-28-11-13-41-14-12-28)22-46(38(47)51)34-32(39)30(54-3)19-31(55-4)33(34)40/h5-9,11-15,17,19-20H,10,16,18,21-23H2,1-4H3,(H,41,43,44,45)/q+1/b9-6+. The molecule has 15 nitrogen and oxygen atoms in total. The van der Waals surface area contributed by atoms with Crippen molar-refractivity contribution in [3.05, 3.63) is 121 Å². The van der Waals surface area contributed by atoms with Crippen molar-refractivity contribution < 1.29 is 28.5 Å². The maximum Gasteiger partial charge on any atom is 0.368 e. The van der Waals surface area contributed by atoms with Crippen molar-refractivity contribution in [2.24, 2.45) is 4.99 Å². The molecule has 55 heavy (non-hydrogen) atoms. The average molecular weight is 788 g/mol. The summed E-state index contributed by atoms with van der Waals surface area (Å²) in [4.78, 5) is 58.7. The molecule has 2 aliphatic rings. The van der Waals surface area contributed by atoms with E-state index < -0.39 is 11.0 Å². The first-order valence-electron chi connectivity index (χ1n) is 17.1. The molecule has 0 radical (unpaired) electrons. The predicted molar refractivity (Wildman–Crippen MR) is 210 cm³/mol. The van der Waals surface area contributed by atoms with Crippen LogP contribution in [0.3, 0.4) is 0 Å². The van der Waals surface area contributed by atoms with Crippen molar-refractivity contribution in [3.63, 3.8) is 0 Å². The number of amides is 2. The third kappa shape index (κ3) is 8.91. The molecule has 4 heterocycles. The zero-order valence-electron chi connectivity index (χ0n) is 30.5. The number of anilines is 4. The number of benzene rings is 2. The number of hydrogen-bond acceptors (Lipinski definition) is 11. The van der Waals surface area contributed by atoms with Gasteiger partial charge in [-0.15, -0.1) is 0 Å². The second-order valence-corrected chi connectivity index (χ2v) is 14.2. The first kappa shape index (κ1) is 38.8. The first-order valence-corrected chi connectivity index (χ1v) is 17.8. The molecule has 0 unspecified atom stereocenters. The van der Waals surface area contributed by atoms with Crippen LogP contribution in [-0.4, -0.2) is 83.8 Å². The van der Waals surface area contributed by atoms with E-state index in [0.717, 1.165) is 11.1 Å². The number of hydrogen-bond donors (Lipinski definition) is 1. The average Bonchev–Trinajstić information content (AvgIpc) is 3.62. The Morgan fingerprint density at radius 3 is 2.47 bits per heavy atom. The molecule has 1 N–H and O–H groups in total. The summed E-state index contributed by atoms with van der Waals surface area (Å²) in [5, 5.41) is 14.7. The fourth-order valence-corrected chi connectivity index (χ4v) is 7.04. The molecule has 2 aliphatic heterocycles. The molecule has 0 atom stereocenters. The number of fused-ring (bicyclic) bond motifs is 1. The van der Waals surface area contributed by atoms with Crippen LogP contribution in [0.1, 0.15) is 23.1 Å². The van der Waals surface area contributed by atoms with Gasteiger partial charge in [0, 0.05) is 48.7 Å². The van der Waals surface area contributed by atoms with Gasteiger partial charge in [-0.05, 0) is 40.3 Å². The molecule has 4 aromatic rings. The van der Waals surface area contributed by atoms with Gasteiger partial charge in [0.25, 0.3) is 0 Å². The Balaban J connectivity index is 1.24. The van der Waals surface area contributed by atoms with Crippen LogP contribution < -0.4 is 24.6 Å². The number of carbonyl (C=O) groups is 2. The smallest absolute Gasteiger partial charge is 0.368 e. The zero-order valence-corrected chi connectivity index (χ0v) is 32.0. The summed E-state index contributed by atoms with van der Waals surface area (Å²) in [6, 6.07) is 12.0. The molecule has 6 rings (SSSR count). The van der Waals surface area contributed by atoms with Gasteiger partial charge in [-0.2, -0.15) is 4.98 Å². The lowest BCUT2D eigenvalue weighted by Gasteiger charge is -2.37. The normalized spacial score (nSPS) is 14.1. The fraction of sp³-hybridized carbons (Fsp3) is 0.263. The number of rotatable bonds is 15. The lowest BCUT2D eigenvalue weighted by atomic mass is 10.0. The Morgan fingerprint density at radius 1 is 1.07 bits per heavy atom. The van der Waals surface area contributed by atoms with Gasteiger partial charge in [-0.1, -0.05) is 52.5 Å². The van der Waals surface area contributed by atoms with E-state index in [0.29, 0.717) is 46.6 Å². The van der Waals surface area contributed by atoms with Crippen LogP contribution in [0.25, 0.3) is 0 Å². The van der Waals surface area contributed by atoms with E-state index in [1.807, 2.05) is 38.4 Å². The lowest BCUT2D eigenvalue weighted by Crippen LogP contribution is -2.48. The molecule has 2 amide bonds. The molecule has 0 fully saturated rings. The molecule has 0 spiro atoms.